The summed E-state index contributed by atoms with van der Waals surface area (Å²) in [6.07, 6.45) is 8.85. The van der Waals surface area contributed by atoms with Crippen LogP contribution in [-0.4, -0.2) is 73.1 Å². The van der Waals surface area contributed by atoms with E-state index in [2.05, 4.69) is 174 Å². The molecule has 104 heavy (non-hydrogen) atoms. The van der Waals surface area contributed by atoms with Crippen LogP contribution in [0.15, 0.2) is 170 Å². The van der Waals surface area contributed by atoms with Gasteiger partial charge in [0.25, 0.3) is 0 Å². The van der Waals surface area contributed by atoms with Gasteiger partial charge in [-0.05, 0) is 237 Å². The second-order valence-electron chi connectivity index (χ2n) is 31.4. The standard InChI is InChI=1S/C88H112N8O4S4/c1-85(2,3)69-53-61-49-63-55-70(86(4,5)6)57-65(78(63)98-46-30-26-42-90-82(102)94-74-35-19-14-20-36-74)51-67-59-72(88(10,11)12)60-68(80(67)100-48-32-28-44-92-84(104)96-76-39-23-16-24-40-76)52-66-58-71(87(7,8)9)56-64(79(66)99-47-31-27-43-91-83(103)95-75-37-21-15-22-38-75)50-62(54-69)77(61)97-45-29-25-41-89-81(101)93-73-33-17-13-18-34-73/h13-24,33-40,53-60H,25-32,41-52H2,1-12H3,(H2,89,93,101)(H2,90,94,102)(H2,91,95,103)(H2,92,96,104). The Balaban J connectivity index is 1.16. The molecule has 8 N–H and O–H groups in total. The van der Waals surface area contributed by atoms with Gasteiger partial charge in [-0.3, -0.25) is 0 Å². The van der Waals surface area contributed by atoms with Crippen LogP contribution in [0.5, 0.6) is 23.0 Å². The van der Waals surface area contributed by atoms with Gasteiger partial charge >= 0.3 is 0 Å². The summed E-state index contributed by atoms with van der Waals surface area (Å²) in [5.41, 5.74) is 16.8. The first kappa shape index (κ1) is 79.8. The minimum Gasteiger partial charge on any atom is -0.493 e. The molecule has 8 aromatic rings. The first-order valence-electron chi connectivity index (χ1n) is 37.3. The van der Waals surface area contributed by atoms with Crippen molar-refractivity contribution < 1.29 is 18.9 Å². The van der Waals surface area contributed by atoms with Crippen molar-refractivity contribution in [3.63, 3.8) is 0 Å². The third kappa shape index (κ3) is 24.9. The third-order valence-corrected chi connectivity index (χ3v) is 19.5. The lowest BCUT2D eigenvalue weighted by molar-refractivity contribution is 0.295. The molecule has 8 aromatic carbocycles. The van der Waals surface area contributed by atoms with Crippen molar-refractivity contribution in [3.05, 3.63) is 237 Å². The molecule has 8 bridgehead atoms. The van der Waals surface area contributed by atoms with E-state index in [9.17, 15) is 0 Å². The Morgan fingerprint density at radius 3 is 0.606 bits per heavy atom. The predicted octanol–water partition coefficient (Wildman–Crippen LogP) is 20.1. The van der Waals surface area contributed by atoms with Gasteiger partial charge < -0.3 is 61.5 Å². The molecular formula is C88H112N8O4S4. The van der Waals surface area contributed by atoms with Crippen LogP contribution in [0.3, 0.4) is 0 Å². The Kier molecular flexibility index (Phi) is 29.3. The second kappa shape index (κ2) is 38.1. The van der Waals surface area contributed by atoms with Gasteiger partial charge in [-0.1, -0.05) is 204 Å². The van der Waals surface area contributed by atoms with Gasteiger partial charge in [0, 0.05) is 74.6 Å². The van der Waals surface area contributed by atoms with Crippen LogP contribution in [0, 0.1) is 0 Å². The molecule has 0 atom stereocenters. The van der Waals surface area contributed by atoms with Gasteiger partial charge in [-0.25, -0.2) is 0 Å². The van der Waals surface area contributed by atoms with E-state index < -0.39 is 0 Å². The Morgan fingerprint density at radius 2 is 0.442 bits per heavy atom. The summed E-state index contributed by atoms with van der Waals surface area (Å²) in [7, 11) is 0. The van der Waals surface area contributed by atoms with E-state index in [0.29, 0.717) is 98.7 Å². The number of hydrogen-bond donors (Lipinski definition) is 8. The van der Waals surface area contributed by atoms with Gasteiger partial charge in [0.05, 0.1) is 26.4 Å². The first-order chi connectivity index (χ1) is 49.7. The first-order valence-corrected chi connectivity index (χ1v) is 38.9. The van der Waals surface area contributed by atoms with E-state index in [1.54, 1.807) is 0 Å². The molecule has 0 aromatic heterocycles. The average Bonchev–Trinajstić information content (AvgIpc) is 0.763. The predicted molar refractivity (Wildman–Crippen MR) is 453 cm³/mol. The van der Waals surface area contributed by atoms with Crippen LogP contribution < -0.4 is 61.5 Å². The van der Waals surface area contributed by atoms with E-state index in [-0.39, 0.29) is 21.7 Å². The maximum absolute atomic E-state index is 7.43. The fourth-order valence-corrected chi connectivity index (χ4v) is 13.4. The van der Waals surface area contributed by atoms with Gasteiger partial charge in [0.2, 0.25) is 0 Å². The monoisotopic (exact) mass is 1470 g/mol. The number of hydrogen-bond acceptors (Lipinski definition) is 8. The zero-order valence-corrected chi connectivity index (χ0v) is 66.8. The van der Waals surface area contributed by atoms with Crippen molar-refractivity contribution in [1.29, 1.82) is 0 Å². The van der Waals surface area contributed by atoms with Crippen LogP contribution in [0.4, 0.5) is 22.7 Å². The molecule has 0 radical (unpaired) electrons. The summed E-state index contributed by atoms with van der Waals surface area (Å²) >= 11 is 23.0. The van der Waals surface area contributed by atoms with E-state index in [0.717, 1.165) is 142 Å². The van der Waals surface area contributed by atoms with Crippen LogP contribution in [0.25, 0.3) is 0 Å². The summed E-state index contributed by atoms with van der Waals surface area (Å²) in [4.78, 5) is 0. The minimum absolute atomic E-state index is 0.219. The third-order valence-electron chi connectivity index (χ3n) is 18.5. The average molecular weight is 1470 g/mol. The highest BCUT2D eigenvalue weighted by molar-refractivity contribution is 7.81. The summed E-state index contributed by atoms with van der Waals surface area (Å²) < 4.78 is 29.7. The van der Waals surface area contributed by atoms with Crippen molar-refractivity contribution in [2.45, 2.75) is 182 Å². The molecular weight excluding hydrogens is 1360 g/mol. The molecule has 12 nitrogen and oxygen atoms in total. The molecule has 0 fully saturated rings. The van der Waals surface area contributed by atoms with E-state index in [4.69, 9.17) is 67.8 Å². The smallest absolute Gasteiger partial charge is 0.170 e. The Hall–Kier alpha value is -8.28. The summed E-state index contributed by atoms with van der Waals surface area (Å²) in [5, 5.41) is 29.5. The van der Waals surface area contributed by atoms with Crippen LogP contribution in [0.2, 0.25) is 0 Å². The molecule has 0 saturated heterocycles. The highest BCUT2D eigenvalue weighted by Crippen LogP contribution is 2.45. The Bertz CT molecular complexity index is 3500. The van der Waals surface area contributed by atoms with Gasteiger partial charge in [0.1, 0.15) is 23.0 Å². The van der Waals surface area contributed by atoms with Crippen LogP contribution in [0.1, 0.15) is 201 Å². The molecule has 16 heteroatoms. The zero-order valence-electron chi connectivity index (χ0n) is 63.6. The number of rotatable bonds is 28. The molecule has 0 saturated carbocycles. The summed E-state index contributed by atoms with van der Waals surface area (Å²) in [6.45, 7) is 32.6. The molecule has 1 aliphatic carbocycles. The molecule has 552 valence electrons. The second-order valence-corrected chi connectivity index (χ2v) is 33.0. The lowest BCUT2D eigenvalue weighted by atomic mass is 9.79. The van der Waals surface area contributed by atoms with Gasteiger partial charge in [-0.15, -0.1) is 0 Å². The van der Waals surface area contributed by atoms with Crippen molar-refractivity contribution >= 4 is 92.1 Å². The number of ether oxygens (including phenoxy) is 4. The van der Waals surface area contributed by atoms with E-state index >= 15 is 0 Å². The number of benzene rings is 8. The van der Waals surface area contributed by atoms with Crippen LogP contribution in [-0.2, 0) is 47.3 Å². The van der Waals surface area contributed by atoms with Crippen LogP contribution >= 0.6 is 48.9 Å². The van der Waals surface area contributed by atoms with Crippen molar-refractivity contribution in [2.24, 2.45) is 0 Å². The SMILES string of the molecule is CC(C)(C)c1cc2c(OCCCCNC(=S)Nc3ccccc3)c(c1)Cc1cc(C(C)(C)C)cc(c1OCCCCNC(=S)Nc1ccccc1)Cc1cc(C(C)(C)C)cc(c1OCCCCNC(=S)Nc1ccccc1)Cc1cc(C(C)(C)C)cc(c1OCCCCNC(=S)Nc1ccccc1)C2. The summed E-state index contributed by atoms with van der Waals surface area (Å²) in [5.74, 6) is 3.61. The number of fused-ring (bicyclic) bond motifs is 8. The molecule has 0 aliphatic heterocycles. The fourth-order valence-electron chi connectivity index (χ4n) is 12.6. The lowest BCUT2D eigenvalue weighted by Crippen LogP contribution is -2.29. The molecule has 0 amide bonds. The maximum Gasteiger partial charge on any atom is 0.170 e. The van der Waals surface area contributed by atoms with E-state index in [1.807, 2.05) is 121 Å². The van der Waals surface area contributed by atoms with Crippen molar-refractivity contribution in [2.75, 3.05) is 73.9 Å². The quantitative estimate of drug-likeness (QED) is 0.0175. The number of anilines is 4. The Morgan fingerprint density at radius 1 is 0.269 bits per heavy atom. The van der Waals surface area contributed by atoms with E-state index in [1.165, 1.54) is 22.3 Å². The normalized spacial score (nSPS) is 12.3. The number of unbranched alkanes of at least 4 members (excludes halogenated alkanes) is 4. The number of para-hydroxylation sites is 4. The largest absolute Gasteiger partial charge is 0.493 e. The number of nitrogens with one attached hydrogen (secondary N) is 8. The molecule has 0 heterocycles. The molecule has 1 aliphatic rings. The summed E-state index contributed by atoms with van der Waals surface area (Å²) in [6, 6.07) is 59.5. The lowest BCUT2D eigenvalue weighted by Gasteiger charge is -2.29. The minimum atomic E-state index is -0.219. The zero-order chi connectivity index (χ0) is 74.3. The van der Waals surface area contributed by atoms with Gasteiger partial charge in [-0.2, -0.15) is 0 Å². The van der Waals surface area contributed by atoms with Crippen molar-refractivity contribution in [1.82, 2.24) is 21.3 Å². The topological polar surface area (TPSA) is 133 Å². The fraction of sp³-hybridized carbons (Fsp3) is 0.409. The molecule has 9 rings (SSSR count). The Labute approximate surface area is 643 Å². The highest BCUT2D eigenvalue weighted by atomic mass is 32.1. The van der Waals surface area contributed by atoms with Gasteiger partial charge in [0.15, 0.2) is 20.4 Å². The maximum atomic E-state index is 7.43. The molecule has 0 unspecified atom stereocenters. The van der Waals surface area contributed by atoms with Crippen molar-refractivity contribution in [3.8, 4) is 23.0 Å². The highest BCUT2D eigenvalue weighted by Gasteiger charge is 2.30. The number of thiocarbonyl (C=S) groups is 4. The molecule has 0 spiro atoms.